The van der Waals surface area contributed by atoms with Crippen molar-refractivity contribution in [3.05, 3.63) is 35.6 Å². The van der Waals surface area contributed by atoms with E-state index in [1.54, 1.807) is 4.90 Å². The van der Waals surface area contributed by atoms with Crippen LogP contribution in [0.5, 0.6) is 0 Å². The number of likely N-dealkylation sites (tertiary alicyclic amines) is 1. The molecule has 0 radical (unpaired) electrons. The van der Waals surface area contributed by atoms with Crippen molar-refractivity contribution in [3.8, 4) is 0 Å². The van der Waals surface area contributed by atoms with Crippen molar-refractivity contribution in [1.29, 1.82) is 0 Å². The summed E-state index contributed by atoms with van der Waals surface area (Å²) >= 11 is 0. The molecule has 0 N–H and O–H groups in total. The molecule has 1 amide bonds. The maximum absolute atomic E-state index is 12.1. The molecule has 0 bridgehead atoms. The Morgan fingerprint density at radius 2 is 2.00 bits per heavy atom. The molecule has 2 heteroatoms. The van der Waals surface area contributed by atoms with Gasteiger partial charge in [0.15, 0.2) is 0 Å². The lowest BCUT2D eigenvalue weighted by molar-refractivity contribution is -0.123. The zero-order valence-electron chi connectivity index (χ0n) is 10.5. The number of amides is 1. The Balaban J connectivity index is 2.97. The molecule has 2 nitrogen and oxygen atoms in total. The second kappa shape index (κ2) is 5.69. The highest BCUT2D eigenvalue weighted by molar-refractivity contribution is 6.04. The van der Waals surface area contributed by atoms with E-state index in [0.717, 1.165) is 42.7 Å². The predicted molar refractivity (Wildman–Crippen MR) is 67.9 cm³/mol. The maximum Gasteiger partial charge on any atom is 0.258 e. The molecule has 1 fully saturated rings. The summed E-state index contributed by atoms with van der Waals surface area (Å²) in [5, 5.41) is 0. The third-order valence-corrected chi connectivity index (χ3v) is 2.83. The van der Waals surface area contributed by atoms with Crippen LogP contribution in [0.15, 0.2) is 35.6 Å². The molecule has 1 saturated heterocycles. The minimum Gasteiger partial charge on any atom is -0.308 e. The Labute approximate surface area is 98.3 Å². The molecular formula is C14H21NO. The number of unbranched alkanes of at least 4 members (excludes halogenated alkanes) is 1. The zero-order valence-corrected chi connectivity index (χ0v) is 10.5. The van der Waals surface area contributed by atoms with Gasteiger partial charge in [-0.15, -0.1) is 0 Å². The molecule has 1 aliphatic heterocycles. The number of carbonyl (C=O) groups excluding carboxylic acids is 1. The molecule has 0 saturated carbocycles. The van der Waals surface area contributed by atoms with Gasteiger partial charge in [0.25, 0.3) is 5.91 Å². The summed E-state index contributed by atoms with van der Waals surface area (Å²) in [6, 6.07) is 0. The van der Waals surface area contributed by atoms with E-state index in [2.05, 4.69) is 13.5 Å². The summed E-state index contributed by atoms with van der Waals surface area (Å²) in [5.74, 6) is 0.119. The highest BCUT2D eigenvalue weighted by atomic mass is 16.2. The normalized spacial score (nSPS) is 21.6. The summed E-state index contributed by atoms with van der Waals surface area (Å²) in [5.41, 5.74) is 2.69. The summed E-state index contributed by atoms with van der Waals surface area (Å²) in [6.07, 6.45) is 6.98. The number of hydrogen-bond acceptors (Lipinski definition) is 1. The molecule has 1 heterocycles. The number of nitrogens with zero attached hydrogens (tertiary/aromatic N) is 1. The topological polar surface area (TPSA) is 20.3 Å². The Bertz CT molecular complexity index is 350. The molecule has 16 heavy (non-hydrogen) atoms. The van der Waals surface area contributed by atoms with Gasteiger partial charge in [-0.3, -0.25) is 4.79 Å². The van der Waals surface area contributed by atoms with E-state index in [0.29, 0.717) is 0 Å². The van der Waals surface area contributed by atoms with Crippen LogP contribution in [0.3, 0.4) is 0 Å². The Kier molecular flexibility index (Phi) is 4.53. The second-order valence-corrected chi connectivity index (χ2v) is 3.99. The average molecular weight is 219 g/mol. The van der Waals surface area contributed by atoms with Crippen LogP contribution in [0.1, 0.15) is 40.0 Å². The SMILES string of the molecule is C=C1C(=C/C)/C(=C\CC)C(=O)N1CCCC. The Morgan fingerprint density at radius 1 is 1.31 bits per heavy atom. The standard InChI is InChI=1S/C14H21NO/c1-5-8-10-15-11(4)12(7-3)13(9-6-2)14(15)16/h7,9H,4-6,8,10H2,1-3H3/b12-7-,13-9+. The molecule has 1 aliphatic rings. The molecule has 1 rings (SSSR count). The fourth-order valence-electron chi connectivity index (χ4n) is 1.96. The van der Waals surface area contributed by atoms with E-state index in [4.69, 9.17) is 0 Å². The van der Waals surface area contributed by atoms with Gasteiger partial charge in [0.2, 0.25) is 0 Å². The van der Waals surface area contributed by atoms with Gasteiger partial charge in [0.1, 0.15) is 0 Å². The fraction of sp³-hybridized carbons (Fsp3) is 0.500. The molecular weight excluding hydrogens is 198 g/mol. The van der Waals surface area contributed by atoms with Gasteiger partial charge in [0.05, 0.1) is 0 Å². The Morgan fingerprint density at radius 3 is 2.50 bits per heavy atom. The minimum atomic E-state index is 0.119. The third-order valence-electron chi connectivity index (χ3n) is 2.83. The van der Waals surface area contributed by atoms with Gasteiger partial charge < -0.3 is 4.90 Å². The molecule has 0 aromatic heterocycles. The number of allylic oxidation sites excluding steroid dienone is 3. The van der Waals surface area contributed by atoms with Crippen LogP contribution < -0.4 is 0 Å². The molecule has 0 aliphatic carbocycles. The van der Waals surface area contributed by atoms with E-state index in [-0.39, 0.29) is 5.91 Å². The summed E-state index contributed by atoms with van der Waals surface area (Å²) in [6.45, 7) is 10.9. The molecule has 0 atom stereocenters. The third kappa shape index (κ3) is 2.26. The van der Waals surface area contributed by atoms with Gasteiger partial charge >= 0.3 is 0 Å². The van der Waals surface area contributed by atoms with Gasteiger partial charge in [-0.1, -0.05) is 39.0 Å². The van der Waals surface area contributed by atoms with Gasteiger partial charge in [-0.05, 0) is 19.8 Å². The van der Waals surface area contributed by atoms with Crippen molar-refractivity contribution in [2.75, 3.05) is 6.54 Å². The summed E-state index contributed by atoms with van der Waals surface area (Å²) in [7, 11) is 0. The first-order valence-electron chi connectivity index (χ1n) is 6.05. The van der Waals surface area contributed by atoms with Gasteiger partial charge in [-0.25, -0.2) is 0 Å². The van der Waals surface area contributed by atoms with E-state index in [1.165, 1.54) is 0 Å². The molecule has 0 aromatic carbocycles. The number of carbonyl (C=O) groups is 1. The maximum atomic E-state index is 12.1. The highest BCUT2D eigenvalue weighted by Gasteiger charge is 2.32. The van der Waals surface area contributed by atoms with E-state index in [1.807, 2.05) is 26.0 Å². The van der Waals surface area contributed by atoms with E-state index >= 15 is 0 Å². The van der Waals surface area contributed by atoms with Crippen LogP contribution in [0, 0.1) is 0 Å². The summed E-state index contributed by atoms with van der Waals surface area (Å²) < 4.78 is 0. The lowest BCUT2D eigenvalue weighted by atomic mass is 10.1. The van der Waals surface area contributed by atoms with E-state index < -0.39 is 0 Å². The van der Waals surface area contributed by atoms with Crippen molar-refractivity contribution < 1.29 is 4.79 Å². The fourth-order valence-corrected chi connectivity index (χ4v) is 1.96. The largest absolute Gasteiger partial charge is 0.308 e. The monoisotopic (exact) mass is 219 g/mol. The Hall–Kier alpha value is -1.31. The molecule has 0 aromatic rings. The van der Waals surface area contributed by atoms with Gasteiger partial charge in [-0.2, -0.15) is 0 Å². The first-order valence-corrected chi connectivity index (χ1v) is 6.05. The average Bonchev–Trinajstić information content (AvgIpc) is 2.50. The van der Waals surface area contributed by atoms with E-state index in [9.17, 15) is 4.79 Å². The highest BCUT2D eigenvalue weighted by Crippen LogP contribution is 2.32. The summed E-state index contributed by atoms with van der Waals surface area (Å²) in [4.78, 5) is 13.9. The van der Waals surface area contributed by atoms with Crippen LogP contribution in [0.2, 0.25) is 0 Å². The van der Waals surface area contributed by atoms with Crippen LogP contribution in [-0.4, -0.2) is 17.4 Å². The predicted octanol–water partition coefficient (Wildman–Crippen LogP) is 3.43. The molecule has 0 spiro atoms. The first-order chi connectivity index (χ1) is 7.67. The minimum absolute atomic E-state index is 0.119. The number of hydrogen-bond donors (Lipinski definition) is 0. The van der Waals surface area contributed by atoms with Crippen LogP contribution in [0.25, 0.3) is 0 Å². The lowest BCUT2D eigenvalue weighted by Gasteiger charge is -2.15. The van der Waals surface area contributed by atoms with Crippen LogP contribution in [0.4, 0.5) is 0 Å². The van der Waals surface area contributed by atoms with Crippen LogP contribution >= 0.6 is 0 Å². The second-order valence-electron chi connectivity index (χ2n) is 3.99. The van der Waals surface area contributed by atoms with Crippen molar-refractivity contribution in [1.82, 2.24) is 4.90 Å². The smallest absolute Gasteiger partial charge is 0.258 e. The van der Waals surface area contributed by atoms with Gasteiger partial charge in [0, 0.05) is 23.4 Å². The molecule has 88 valence electrons. The first kappa shape index (κ1) is 12.8. The van der Waals surface area contributed by atoms with Crippen molar-refractivity contribution in [2.45, 2.75) is 40.0 Å². The lowest BCUT2D eigenvalue weighted by Crippen LogP contribution is -2.24. The quantitative estimate of drug-likeness (QED) is 0.663. The van der Waals surface area contributed by atoms with Crippen molar-refractivity contribution >= 4 is 5.91 Å². The van der Waals surface area contributed by atoms with Crippen molar-refractivity contribution in [3.63, 3.8) is 0 Å². The van der Waals surface area contributed by atoms with Crippen molar-refractivity contribution in [2.24, 2.45) is 0 Å². The molecule has 0 unspecified atom stereocenters. The van der Waals surface area contributed by atoms with Crippen LogP contribution in [-0.2, 0) is 4.79 Å². The number of rotatable bonds is 4. The zero-order chi connectivity index (χ0) is 12.1.